The van der Waals surface area contributed by atoms with Crippen LogP contribution in [-0.2, 0) is 4.79 Å². The zero-order chi connectivity index (χ0) is 22.7. The quantitative estimate of drug-likeness (QED) is 0.584. The summed E-state index contributed by atoms with van der Waals surface area (Å²) >= 11 is 1.35. The van der Waals surface area contributed by atoms with Crippen LogP contribution < -0.4 is 9.47 Å². The van der Waals surface area contributed by atoms with Crippen molar-refractivity contribution in [3.05, 3.63) is 65.2 Å². The van der Waals surface area contributed by atoms with Crippen molar-refractivity contribution in [2.45, 2.75) is 32.8 Å². The first-order valence-electron chi connectivity index (χ1n) is 10.4. The molecule has 32 heavy (non-hydrogen) atoms. The standard InChI is InChI=1S/C24H24N4O3S/c1-4-8-21-27-28-22(25)18(23(29)26-24(28)32-21)13-16-11-12-19(20(14-16)30-3)31-15(2)17-9-6-5-7-10-17/h5-7,9-15,25H,4,8H2,1-3H3/b18-13-,25-22?. The lowest BCUT2D eigenvalue weighted by Gasteiger charge is -2.20. The predicted molar refractivity (Wildman–Crippen MR) is 128 cm³/mol. The summed E-state index contributed by atoms with van der Waals surface area (Å²) in [4.78, 5) is 16.7. The Morgan fingerprint density at radius 1 is 1.19 bits per heavy atom. The summed E-state index contributed by atoms with van der Waals surface area (Å²) in [5.74, 6) is 0.719. The SMILES string of the molecule is CCCC1=NN2C(=N)/C(=C/c3ccc(OC(C)c4ccccc4)c(OC)c3)C(=O)N=C2S1. The number of amidine groups is 2. The molecule has 0 saturated heterocycles. The fourth-order valence-corrected chi connectivity index (χ4v) is 4.35. The maximum absolute atomic E-state index is 12.6. The van der Waals surface area contributed by atoms with Gasteiger partial charge in [-0.3, -0.25) is 10.2 Å². The van der Waals surface area contributed by atoms with Gasteiger partial charge in [-0.15, -0.1) is 0 Å². The van der Waals surface area contributed by atoms with Gasteiger partial charge in [-0.2, -0.15) is 15.1 Å². The second kappa shape index (κ2) is 9.40. The van der Waals surface area contributed by atoms with Gasteiger partial charge in [0, 0.05) is 0 Å². The number of hydrogen-bond acceptors (Lipinski definition) is 6. The average molecular weight is 449 g/mol. The first-order valence-corrected chi connectivity index (χ1v) is 11.2. The number of hydrazone groups is 1. The highest BCUT2D eigenvalue weighted by Crippen LogP contribution is 2.34. The minimum absolute atomic E-state index is 0.0237. The van der Waals surface area contributed by atoms with Gasteiger partial charge >= 0.3 is 0 Å². The van der Waals surface area contributed by atoms with Gasteiger partial charge in [0.25, 0.3) is 5.91 Å². The van der Waals surface area contributed by atoms with Crippen LogP contribution >= 0.6 is 11.8 Å². The number of aliphatic imine (C=N–C) groups is 1. The second-order valence-corrected chi connectivity index (χ2v) is 8.39. The third-order valence-electron chi connectivity index (χ3n) is 5.03. The largest absolute Gasteiger partial charge is 0.493 e. The van der Waals surface area contributed by atoms with Crippen LogP contribution in [0.2, 0.25) is 0 Å². The van der Waals surface area contributed by atoms with E-state index in [-0.39, 0.29) is 17.5 Å². The molecule has 164 valence electrons. The number of rotatable bonds is 7. The monoisotopic (exact) mass is 448 g/mol. The molecule has 0 spiro atoms. The molecule has 4 rings (SSSR count). The molecule has 1 N–H and O–H groups in total. The maximum Gasteiger partial charge on any atom is 0.283 e. The van der Waals surface area contributed by atoms with Crippen LogP contribution in [0.4, 0.5) is 0 Å². The van der Waals surface area contributed by atoms with Crippen molar-refractivity contribution < 1.29 is 14.3 Å². The van der Waals surface area contributed by atoms with Crippen LogP contribution in [0.15, 0.2) is 64.2 Å². The van der Waals surface area contributed by atoms with E-state index in [2.05, 4.69) is 17.0 Å². The molecular formula is C24H24N4O3S. The zero-order valence-corrected chi connectivity index (χ0v) is 19.0. The molecule has 1 atom stereocenters. The molecule has 2 aliphatic rings. The van der Waals surface area contributed by atoms with Crippen molar-refractivity contribution in [1.29, 1.82) is 5.41 Å². The predicted octanol–water partition coefficient (Wildman–Crippen LogP) is 5.25. The van der Waals surface area contributed by atoms with E-state index >= 15 is 0 Å². The highest BCUT2D eigenvalue weighted by Gasteiger charge is 2.35. The van der Waals surface area contributed by atoms with Gasteiger partial charge < -0.3 is 9.47 Å². The summed E-state index contributed by atoms with van der Waals surface area (Å²) in [5.41, 5.74) is 1.95. The number of methoxy groups -OCH3 is 1. The van der Waals surface area contributed by atoms with Gasteiger partial charge in [0.15, 0.2) is 17.3 Å². The van der Waals surface area contributed by atoms with Gasteiger partial charge in [-0.25, -0.2) is 0 Å². The van der Waals surface area contributed by atoms with Crippen molar-refractivity contribution in [2.75, 3.05) is 7.11 Å². The van der Waals surface area contributed by atoms with Crippen molar-refractivity contribution >= 4 is 39.8 Å². The second-order valence-electron chi connectivity index (χ2n) is 7.34. The molecule has 1 unspecified atom stereocenters. The molecule has 7 nitrogen and oxygen atoms in total. The Labute approximate surface area is 191 Å². The van der Waals surface area contributed by atoms with Crippen LogP contribution in [0.5, 0.6) is 11.5 Å². The van der Waals surface area contributed by atoms with E-state index in [0.717, 1.165) is 23.4 Å². The third kappa shape index (κ3) is 4.45. The number of ether oxygens (including phenoxy) is 2. The van der Waals surface area contributed by atoms with Gasteiger partial charge in [0.05, 0.1) is 12.7 Å². The molecule has 0 fully saturated rings. The minimum Gasteiger partial charge on any atom is -0.493 e. The molecule has 2 aromatic rings. The average Bonchev–Trinajstić information content (AvgIpc) is 3.20. The summed E-state index contributed by atoms with van der Waals surface area (Å²) in [6.45, 7) is 4.04. The topological polar surface area (TPSA) is 87.3 Å². The number of fused-ring (bicyclic) bond motifs is 1. The van der Waals surface area contributed by atoms with Gasteiger partial charge in [0.2, 0.25) is 5.17 Å². The molecular weight excluding hydrogens is 424 g/mol. The smallest absolute Gasteiger partial charge is 0.283 e. The molecule has 2 heterocycles. The molecule has 8 heteroatoms. The van der Waals surface area contributed by atoms with E-state index in [4.69, 9.17) is 14.9 Å². The normalized spacial score (nSPS) is 17.7. The van der Waals surface area contributed by atoms with Crippen molar-refractivity contribution in [1.82, 2.24) is 5.01 Å². The number of thioether (sulfide) groups is 1. The van der Waals surface area contributed by atoms with E-state index in [1.54, 1.807) is 25.3 Å². The number of nitrogens with one attached hydrogen (secondary N) is 1. The van der Waals surface area contributed by atoms with Gasteiger partial charge in [-0.1, -0.05) is 43.3 Å². The highest BCUT2D eigenvalue weighted by molar-refractivity contribution is 8.26. The Morgan fingerprint density at radius 2 is 1.97 bits per heavy atom. The van der Waals surface area contributed by atoms with Crippen molar-refractivity contribution in [3.8, 4) is 11.5 Å². The van der Waals surface area contributed by atoms with Crippen molar-refractivity contribution in [3.63, 3.8) is 0 Å². The molecule has 0 bridgehead atoms. The van der Waals surface area contributed by atoms with Crippen LogP contribution in [0.25, 0.3) is 6.08 Å². The Bertz CT molecular complexity index is 1140. The van der Waals surface area contributed by atoms with Crippen LogP contribution in [-0.4, -0.2) is 34.1 Å². The number of carbonyl (C=O) groups excluding carboxylic acids is 1. The van der Waals surface area contributed by atoms with E-state index < -0.39 is 5.91 Å². The summed E-state index contributed by atoms with van der Waals surface area (Å²) in [7, 11) is 1.57. The molecule has 0 aromatic heterocycles. The van der Waals surface area contributed by atoms with Crippen LogP contribution in [0.1, 0.15) is 43.9 Å². The molecule has 2 aromatic carbocycles. The van der Waals surface area contributed by atoms with Gasteiger partial charge in [-0.05, 0) is 60.9 Å². The fourth-order valence-electron chi connectivity index (χ4n) is 3.37. The highest BCUT2D eigenvalue weighted by atomic mass is 32.2. The fraction of sp³-hybridized carbons (Fsp3) is 0.250. The summed E-state index contributed by atoms with van der Waals surface area (Å²) in [5, 5.41) is 15.7. The number of amides is 1. The Kier molecular flexibility index (Phi) is 6.41. The first kappa shape index (κ1) is 21.8. The lowest BCUT2D eigenvalue weighted by atomic mass is 10.1. The van der Waals surface area contributed by atoms with Crippen LogP contribution in [0.3, 0.4) is 0 Å². The Balaban J connectivity index is 1.58. The molecule has 0 saturated carbocycles. The van der Waals surface area contributed by atoms with Crippen molar-refractivity contribution in [2.24, 2.45) is 10.1 Å². The first-order chi connectivity index (χ1) is 15.5. The van der Waals surface area contributed by atoms with Crippen LogP contribution in [0, 0.1) is 5.41 Å². The van der Waals surface area contributed by atoms with E-state index in [1.807, 2.05) is 43.3 Å². The maximum atomic E-state index is 12.6. The third-order valence-corrected chi connectivity index (χ3v) is 6.00. The van der Waals surface area contributed by atoms with Gasteiger partial charge in [0.1, 0.15) is 11.1 Å². The summed E-state index contributed by atoms with van der Waals surface area (Å²) in [6, 6.07) is 15.3. The number of carbonyl (C=O) groups is 1. The number of benzene rings is 2. The van der Waals surface area contributed by atoms with E-state index in [1.165, 1.54) is 16.8 Å². The minimum atomic E-state index is -0.446. The summed E-state index contributed by atoms with van der Waals surface area (Å²) in [6.07, 6.45) is 3.21. The molecule has 1 amide bonds. The van der Waals surface area contributed by atoms with E-state index in [9.17, 15) is 4.79 Å². The Hall–Kier alpha value is -3.39. The van der Waals surface area contributed by atoms with E-state index in [0.29, 0.717) is 22.2 Å². The lowest BCUT2D eigenvalue weighted by molar-refractivity contribution is -0.114. The molecule has 0 aliphatic carbocycles. The Morgan fingerprint density at radius 3 is 2.69 bits per heavy atom. The molecule has 2 aliphatic heterocycles. The number of nitrogens with zero attached hydrogens (tertiary/aromatic N) is 3. The lowest BCUT2D eigenvalue weighted by Crippen LogP contribution is -2.35. The zero-order valence-electron chi connectivity index (χ0n) is 18.2. The number of hydrogen-bond donors (Lipinski definition) is 1. The molecule has 0 radical (unpaired) electrons. The summed E-state index contributed by atoms with van der Waals surface area (Å²) < 4.78 is 11.6.